The van der Waals surface area contributed by atoms with Crippen LogP contribution in [-0.2, 0) is 4.79 Å². The first-order valence-corrected chi connectivity index (χ1v) is 11.0. The van der Waals surface area contributed by atoms with E-state index in [-0.39, 0.29) is 10.1 Å². The van der Waals surface area contributed by atoms with Crippen molar-refractivity contribution < 1.29 is 19.1 Å². The topological polar surface area (TPSA) is 104 Å². The average Bonchev–Trinajstić information content (AvgIpc) is 3.44. The van der Waals surface area contributed by atoms with Gasteiger partial charge in [0.05, 0.1) is 12.7 Å². The first-order valence-electron chi connectivity index (χ1n) is 9.77. The van der Waals surface area contributed by atoms with E-state index in [1.165, 1.54) is 12.5 Å². The SMILES string of the molecule is COc1ccc(Cl)cc1-c1nc(S/C(=C\c2ccc(N3CCCCC3)o2)C(=O)O)n[nH]1. The number of methoxy groups -OCH3 is 1. The molecule has 8 nitrogen and oxygen atoms in total. The van der Waals surface area contributed by atoms with Crippen LogP contribution in [0.5, 0.6) is 5.75 Å². The molecule has 1 saturated heterocycles. The summed E-state index contributed by atoms with van der Waals surface area (Å²) in [5.41, 5.74) is 0.632. The Morgan fingerprint density at radius 2 is 2.10 bits per heavy atom. The van der Waals surface area contributed by atoms with Crippen LogP contribution in [0.2, 0.25) is 5.02 Å². The zero-order valence-corrected chi connectivity index (χ0v) is 18.4. The van der Waals surface area contributed by atoms with E-state index in [1.807, 2.05) is 6.07 Å². The van der Waals surface area contributed by atoms with E-state index in [0.717, 1.165) is 43.6 Å². The lowest BCUT2D eigenvalue weighted by Gasteiger charge is -2.25. The molecule has 0 amide bonds. The number of hydrogen-bond donors (Lipinski definition) is 2. The van der Waals surface area contributed by atoms with E-state index in [9.17, 15) is 9.90 Å². The quantitative estimate of drug-likeness (QED) is 0.377. The number of aliphatic carboxylic acids is 1. The fourth-order valence-corrected chi connectivity index (χ4v) is 4.20. The minimum absolute atomic E-state index is 0.0446. The number of piperidine rings is 1. The Balaban J connectivity index is 1.54. The van der Waals surface area contributed by atoms with Gasteiger partial charge in [0.25, 0.3) is 0 Å². The lowest BCUT2D eigenvalue weighted by Crippen LogP contribution is -2.28. The summed E-state index contributed by atoms with van der Waals surface area (Å²) in [6.07, 6.45) is 4.97. The number of H-pyrrole nitrogens is 1. The maximum absolute atomic E-state index is 11.8. The predicted octanol–water partition coefficient (Wildman–Crippen LogP) is 4.93. The number of aromatic nitrogens is 3. The Kier molecular flexibility index (Phi) is 6.53. The van der Waals surface area contributed by atoms with Gasteiger partial charge in [0.2, 0.25) is 5.16 Å². The highest BCUT2D eigenvalue weighted by Gasteiger charge is 2.18. The van der Waals surface area contributed by atoms with E-state index in [0.29, 0.717) is 27.9 Å². The average molecular weight is 461 g/mol. The summed E-state index contributed by atoms with van der Waals surface area (Å²) >= 11 is 7.01. The Morgan fingerprint density at radius 1 is 1.29 bits per heavy atom. The highest BCUT2D eigenvalue weighted by atomic mass is 35.5. The van der Waals surface area contributed by atoms with Crippen molar-refractivity contribution in [3.8, 4) is 17.1 Å². The molecule has 0 spiro atoms. The van der Waals surface area contributed by atoms with Crippen molar-refractivity contribution in [3.05, 3.63) is 46.0 Å². The van der Waals surface area contributed by atoms with Gasteiger partial charge in [-0.15, -0.1) is 5.10 Å². The first-order chi connectivity index (χ1) is 15.0. The highest BCUT2D eigenvalue weighted by molar-refractivity contribution is 8.04. The molecular weight excluding hydrogens is 440 g/mol. The number of hydrogen-bond acceptors (Lipinski definition) is 7. The number of benzene rings is 1. The number of nitrogens with one attached hydrogen (secondary N) is 1. The van der Waals surface area contributed by atoms with Crippen LogP contribution in [0.1, 0.15) is 25.0 Å². The van der Waals surface area contributed by atoms with Crippen molar-refractivity contribution in [2.75, 3.05) is 25.1 Å². The van der Waals surface area contributed by atoms with Crippen LogP contribution in [0.15, 0.2) is 44.8 Å². The number of aromatic amines is 1. The van der Waals surface area contributed by atoms with Crippen molar-refractivity contribution in [2.24, 2.45) is 0 Å². The number of anilines is 1. The second kappa shape index (κ2) is 9.49. The number of carbonyl (C=O) groups is 1. The van der Waals surface area contributed by atoms with Gasteiger partial charge < -0.3 is 19.2 Å². The zero-order chi connectivity index (χ0) is 21.8. The van der Waals surface area contributed by atoms with Gasteiger partial charge in [-0.05, 0) is 55.3 Å². The van der Waals surface area contributed by atoms with Gasteiger partial charge in [0.15, 0.2) is 11.7 Å². The standard InChI is InChI=1S/C21H21ClN4O4S/c1-29-16-7-5-13(22)11-15(16)19-23-21(25-24-19)31-17(20(27)28)12-14-6-8-18(30-14)26-9-3-2-4-10-26/h5-8,11-12H,2-4,9-10H2,1H3,(H,27,28)(H,23,24,25)/b17-12-. The molecule has 162 valence electrons. The molecule has 2 N–H and O–H groups in total. The fourth-order valence-electron chi connectivity index (χ4n) is 3.34. The molecule has 3 aromatic rings. The van der Waals surface area contributed by atoms with E-state index in [2.05, 4.69) is 20.1 Å². The molecule has 3 heterocycles. The molecule has 1 aromatic carbocycles. The van der Waals surface area contributed by atoms with Gasteiger partial charge in [0.1, 0.15) is 16.4 Å². The van der Waals surface area contributed by atoms with Crippen molar-refractivity contribution in [1.82, 2.24) is 15.2 Å². The van der Waals surface area contributed by atoms with Gasteiger partial charge in [-0.3, -0.25) is 5.10 Å². The number of ether oxygens (including phenoxy) is 1. The second-order valence-electron chi connectivity index (χ2n) is 6.95. The minimum atomic E-state index is -1.09. The number of carboxylic acids is 1. The Hall–Kier alpha value is -2.91. The molecule has 10 heteroatoms. The summed E-state index contributed by atoms with van der Waals surface area (Å²) in [6.45, 7) is 1.90. The number of nitrogens with zero attached hydrogens (tertiary/aromatic N) is 3. The van der Waals surface area contributed by atoms with Gasteiger partial charge in [0, 0.05) is 30.3 Å². The van der Waals surface area contributed by atoms with Crippen LogP contribution < -0.4 is 9.64 Å². The number of halogens is 1. The van der Waals surface area contributed by atoms with Crippen molar-refractivity contribution in [3.63, 3.8) is 0 Å². The molecule has 1 aliphatic rings. The van der Waals surface area contributed by atoms with E-state index in [1.54, 1.807) is 31.4 Å². The number of thioether (sulfide) groups is 1. The third-order valence-electron chi connectivity index (χ3n) is 4.85. The number of carboxylic acid groups (broad SMARTS) is 1. The van der Waals surface area contributed by atoms with Gasteiger partial charge >= 0.3 is 5.97 Å². The second-order valence-corrected chi connectivity index (χ2v) is 8.40. The van der Waals surface area contributed by atoms with Crippen LogP contribution in [0.25, 0.3) is 17.5 Å². The largest absolute Gasteiger partial charge is 0.496 e. The van der Waals surface area contributed by atoms with E-state index in [4.69, 9.17) is 20.8 Å². The van der Waals surface area contributed by atoms with E-state index < -0.39 is 5.97 Å². The van der Waals surface area contributed by atoms with Gasteiger partial charge in [-0.1, -0.05) is 11.6 Å². The molecule has 0 aliphatic carbocycles. The molecule has 31 heavy (non-hydrogen) atoms. The molecule has 0 radical (unpaired) electrons. The Bertz CT molecular complexity index is 1100. The Labute approximate surface area is 188 Å². The normalized spacial score (nSPS) is 14.6. The molecule has 0 unspecified atom stereocenters. The summed E-state index contributed by atoms with van der Waals surface area (Å²) in [7, 11) is 1.55. The summed E-state index contributed by atoms with van der Waals surface area (Å²) in [6, 6.07) is 8.79. The van der Waals surface area contributed by atoms with Crippen LogP contribution in [0.4, 0.5) is 5.88 Å². The van der Waals surface area contributed by atoms with Crippen LogP contribution in [0.3, 0.4) is 0 Å². The summed E-state index contributed by atoms with van der Waals surface area (Å²) in [5, 5.41) is 17.4. The smallest absolute Gasteiger partial charge is 0.342 e. The maximum atomic E-state index is 11.8. The summed E-state index contributed by atoms with van der Waals surface area (Å²) in [5.74, 6) is 1.14. The lowest BCUT2D eigenvalue weighted by molar-refractivity contribution is -0.131. The van der Waals surface area contributed by atoms with E-state index >= 15 is 0 Å². The van der Waals surface area contributed by atoms with Crippen molar-refractivity contribution in [1.29, 1.82) is 0 Å². The minimum Gasteiger partial charge on any atom is -0.496 e. The highest BCUT2D eigenvalue weighted by Crippen LogP contribution is 2.33. The van der Waals surface area contributed by atoms with Crippen LogP contribution in [0, 0.1) is 0 Å². The van der Waals surface area contributed by atoms with Crippen LogP contribution in [-0.4, -0.2) is 46.5 Å². The molecule has 0 bridgehead atoms. The molecule has 1 fully saturated rings. The Morgan fingerprint density at radius 3 is 2.84 bits per heavy atom. The fraction of sp³-hybridized carbons (Fsp3) is 0.286. The number of furan rings is 1. The lowest BCUT2D eigenvalue weighted by atomic mass is 10.1. The molecule has 2 aromatic heterocycles. The number of rotatable bonds is 7. The zero-order valence-electron chi connectivity index (χ0n) is 16.8. The van der Waals surface area contributed by atoms with Crippen LogP contribution >= 0.6 is 23.4 Å². The molecule has 0 saturated carbocycles. The molecule has 1 aliphatic heterocycles. The van der Waals surface area contributed by atoms with Gasteiger partial charge in [-0.2, -0.15) is 0 Å². The predicted molar refractivity (Wildman–Crippen MR) is 120 cm³/mol. The monoisotopic (exact) mass is 460 g/mol. The third kappa shape index (κ3) is 5.05. The van der Waals surface area contributed by atoms with Gasteiger partial charge in [-0.25, -0.2) is 9.78 Å². The molecular formula is C21H21ClN4O4S. The first kappa shape index (κ1) is 21.3. The molecule has 0 atom stereocenters. The third-order valence-corrected chi connectivity index (χ3v) is 5.96. The molecule has 4 rings (SSSR count). The van der Waals surface area contributed by atoms with Crippen molar-refractivity contribution in [2.45, 2.75) is 24.4 Å². The maximum Gasteiger partial charge on any atom is 0.342 e. The summed E-state index contributed by atoms with van der Waals surface area (Å²) in [4.78, 5) is 18.4. The summed E-state index contributed by atoms with van der Waals surface area (Å²) < 4.78 is 11.2. The van der Waals surface area contributed by atoms with Crippen molar-refractivity contribution >= 4 is 41.3 Å².